The third-order valence-electron chi connectivity index (χ3n) is 4.88. The number of rotatable bonds is 5. The van der Waals surface area contributed by atoms with Crippen LogP contribution < -0.4 is 5.32 Å². The lowest BCUT2D eigenvalue weighted by Crippen LogP contribution is -2.25. The number of nitrogens with zero attached hydrogens (tertiary/aromatic N) is 2. The number of aryl methyl sites for hydroxylation is 2. The van der Waals surface area contributed by atoms with E-state index in [1.54, 1.807) is 0 Å². The van der Waals surface area contributed by atoms with Crippen LogP contribution in [-0.4, -0.2) is 15.5 Å². The van der Waals surface area contributed by atoms with Gasteiger partial charge in [-0.15, -0.1) is 0 Å². The summed E-state index contributed by atoms with van der Waals surface area (Å²) in [5.41, 5.74) is 6.20. The van der Waals surface area contributed by atoms with E-state index in [4.69, 9.17) is 4.98 Å². The summed E-state index contributed by atoms with van der Waals surface area (Å²) in [6.45, 7) is 5.17. The quantitative estimate of drug-likeness (QED) is 0.557. The normalized spacial score (nSPS) is 10.9. The number of amides is 1. The van der Waals surface area contributed by atoms with Gasteiger partial charge in [-0.1, -0.05) is 59.7 Å². The second-order valence-corrected chi connectivity index (χ2v) is 7.14. The van der Waals surface area contributed by atoms with E-state index < -0.39 is 0 Å². The average molecular weight is 369 g/mol. The first-order valence-electron chi connectivity index (χ1n) is 9.45. The molecule has 0 atom stereocenters. The van der Waals surface area contributed by atoms with E-state index in [1.807, 2.05) is 49.4 Å². The van der Waals surface area contributed by atoms with E-state index >= 15 is 0 Å². The Kier molecular flexibility index (Phi) is 4.94. The Bertz CT molecular complexity index is 1130. The van der Waals surface area contributed by atoms with E-state index in [-0.39, 0.29) is 5.91 Å². The number of para-hydroxylation sites is 2. The van der Waals surface area contributed by atoms with Gasteiger partial charge in [0, 0.05) is 12.1 Å². The van der Waals surface area contributed by atoms with Crippen molar-refractivity contribution in [3.05, 3.63) is 101 Å². The van der Waals surface area contributed by atoms with Crippen LogP contribution in [-0.2, 0) is 13.1 Å². The minimum Gasteiger partial charge on any atom is -0.345 e. The van der Waals surface area contributed by atoms with Crippen LogP contribution in [0.2, 0.25) is 0 Å². The number of hydrogen-bond acceptors (Lipinski definition) is 2. The van der Waals surface area contributed by atoms with Crippen molar-refractivity contribution in [3.8, 4) is 0 Å². The Morgan fingerprint density at radius 3 is 2.50 bits per heavy atom. The van der Waals surface area contributed by atoms with Crippen LogP contribution in [0.15, 0.2) is 72.8 Å². The molecular formula is C24H23N3O. The standard InChI is InChI=1S/C24H23N3O/c1-17-10-12-19(13-11-17)16-27-22-9-4-3-8-21(22)26-23(27)15-25-24(28)20-7-5-6-18(2)14-20/h3-14H,15-16H2,1-2H3,(H,25,28). The molecular weight excluding hydrogens is 346 g/mol. The maximum absolute atomic E-state index is 12.5. The number of nitrogens with one attached hydrogen (secondary N) is 1. The highest BCUT2D eigenvalue weighted by Crippen LogP contribution is 2.18. The zero-order chi connectivity index (χ0) is 19.5. The molecule has 0 saturated heterocycles. The van der Waals surface area contributed by atoms with Crippen LogP contribution in [0.3, 0.4) is 0 Å². The zero-order valence-corrected chi connectivity index (χ0v) is 16.1. The third-order valence-corrected chi connectivity index (χ3v) is 4.88. The predicted octanol–water partition coefficient (Wildman–Crippen LogP) is 4.63. The van der Waals surface area contributed by atoms with Gasteiger partial charge in [0.1, 0.15) is 5.82 Å². The lowest BCUT2D eigenvalue weighted by molar-refractivity contribution is 0.0949. The molecule has 140 valence electrons. The largest absolute Gasteiger partial charge is 0.345 e. The summed E-state index contributed by atoms with van der Waals surface area (Å²) in [6.07, 6.45) is 0. The van der Waals surface area contributed by atoms with E-state index in [2.05, 4.69) is 47.1 Å². The summed E-state index contributed by atoms with van der Waals surface area (Å²) < 4.78 is 2.18. The zero-order valence-electron chi connectivity index (χ0n) is 16.1. The minimum atomic E-state index is -0.0855. The van der Waals surface area contributed by atoms with Gasteiger partial charge in [0.2, 0.25) is 0 Å². The van der Waals surface area contributed by atoms with Crippen molar-refractivity contribution in [3.63, 3.8) is 0 Å². The van der Waals surface area contributed by atoms with Crippen LogP contribution in [0, 0.1) is 13.8 Å². The molecule has 1 amide bonds. The molecule has 1 aromatic heterocycles. The number of carbonyl (C=O) groups excluding carboxylic acids is 1. The molecule has 0 radical (unpaired) electrons. The number of carbonyl (C=O) groups is 1. The van der Waals surface area contributed by atoms with Gasteiger partial charge in [-0.2, -0.15) is 0 Å². The summed E-state index contributed by atoms with van der Waals surface area (Å²) in [6, 6.07) is 24.2. The highest BCUT2D eigenvalue weighted by atomic mass is 16.1. The number of hydrogen-bond donors (Lipinski definition) is 1. The van der Waals surface area contributed by atoms with Gasteiger partial charge >= 0.3 is 0 Å². The van der Waals surface area contributed by atoms with Crippen molar-refractivity contribution in [2.75, 3.05) is 0 Å². The first-order valence-corrected chi connectivity index (χ1v) is 9.45. The molecule has 4 nitrogen and oxygen atoms in total. The molecule has 3 aromatic carbocycles. The molecule has 4 heteroatoms. The van der Waals surface area contributed by atoms with Gasteiger partial charge in [-0.25, -0.2) is 4.98 Å². The van der Waals surface area contributed by atoms with E-state index in [0.29, 0.717) is 12.1 Å². The molecule has 0 aliphatic carbocycles. The average Bonchev–Trinajstić information content (AvgIpc) is 3.05. The SMILES string of the molecule is Cc1ccc(Cn2c(CNC(=O)c3cccc(C)c3)nc3ccccc32)cc1. The van der Waals surface area contributed by atoms with Crippen LogP contribution >= 0.6 is 0 Å². The molecule has 0 aliphatic heterocycles. The molecule has 1 N–H and O–H groups in total. The fraction of sp³-hybridized carbons (Fsp3) is 0.167. The van der Waals surface area contributed by atoms with Crippen molar-refractivity contribution < 1.29 is 4.79 Å². The second-order valence-electron chi connectivity index (χ2n) is 7.14. The fourth-order valence-electron chi connectivity index (χ4n) is 3.36. The summed E-state index contributed by atoms with van der Waals surface area (Å²) in [4.78, 5) is 17.3. The Balaban J connectivity index is 1.61. The first kappa shape index (κ1) is 18.0. The third kappa shape index (κ3) is 3.81. The van der Waals surface area contributed by atoms with Gasteiger partial charge in [0.15, 0.2) is 0 Å². The van der Waals surface area contributed by atoms with E-state index in [1.165, 1.54) is 11.1 Å². The van der Waals surface area contributed by atoms with Crippen molar-refractivity contribution in [2.24, 2.45) is 0 Å². The number of aromatic nitrogens is 2. The molecule has 0 saturated carbocycles. The number of fused-ring (bicyclic) bond motifs is 1. The van der Waals surface area contributed by atoms with E-state index in [9.17, 15) is 4.79 Å². The highest BCUT2D eigenvalue weighted by Gasteiger charge is 2.13. The monoisotopic (exact) mass is 369 g/mol. The van der Waals surface area contributed by atoms with Crippen molar-refractivity contribution >= 4 is 16.9 Å². The Morgan fingerprint density at radius 1 is 0.929 bits per heavy atom. The molecule has 0 spiro atoms. The Hall–Kier alpha value is -3.40. The molecule has 0 fully saturated rings. The van der Waals surface area contributed by atoms with Crippen molar-refractivity contribution in [1.29, 1.82) is 0 Å². The summed E-state index contributed by atoms with van der Waals surface area (Å²) in [5.74, 6) is 0.764. The first-order chi connectivity index (χ1) is 13.6. The number of benzene rings is 3. The molecule has 0 unspecified atom stereocenters. The van der Waals surface area contributed by atoms with Crippen molar-refractivity contribution in [1.82, 2.24) is 14.9 Å². The maximum Gasteiger partial charge on any atom is 0.251 e. The molecule has 0 bridgehead atoms. The summed E-state index contributed by atoms with van der Waals surface area (Å²) in [5, 5.41) is 3.02. The fourth-order valence-corrected chi connectivity index (χ4v) is 3.36. The Morgan fingerprint density at radius 2 is 1.71 bits per heavy atom. The lowest BCUT2D eigenvalue weighted by Gasteiger charge is -2.11. The summed E-state index contributed by atoms with van der Waals surface area (Å²) in [7, 11) is 0. The molecule has 4 aromatic rings. The van der Waals surface area contributed by atoms with Gasteiger partial charge in [0.25, 0.3) is 5.91 Å². The molecule has 4 rings (SSSR count). The van der Waals surface area contributed by atoms with Gasteiger partial charge in [-0.05, 0) is 43.7 Å². The summed E-state index contributed by atoms with van der Waals surface area (Å²) >= 11 is 0. The highest BCUT2D eigenvalue weighted by molar-refractivity contribution is 5.94. The van der Waals surface area contributed by atoms with Gasteiger partial charge < -0.3 is 9.88 Å². The van der Waals surface area contributed by atoms with Gasteiger partial charge in [-0.3, -0.25) is 4.79 Å². The van der Waals surface area contributed by atoms with E-state index in [0.717, 1.165) is 29.0 Å². The van der Waals surface area contributed by atoms with Gasteiger partial charge in [0.05, 0.1) is 17.6 Å². The second kappa shape index (κ2) is 7.69. The Labute approximate surface area is 164 Å². The topological polar surface area (TPSA) is 46.9 Å². The van der Waals surface area contributed by atoms with Crippen LogP contribution in [0.5, 0.6) is 0 Å². The maximum atomic E-state index is 12.5. The minimum absolute atomic E-state index is 0.0855. The predicted molar refractivity (Wildman–Crippen MR) is 112 cm³/mol. The molecule has 1 heterocycles. The smallest absolute Gasteiger partial charge is 0.251 e. The molecule has 28 heavy (non-hydrogen) atoms. The number of imidazole rings is 1. The van der Waals surface area contributed by atoms with Crippen molar-refractivity contribution in [2.45, 2.75) is 26.9 Å². The van der Waals surface area contributed by atoms with Crippen LogP contribution in [0.1, 0.15) is 32.9 Å². The lowest BCUT2D eigenvalue weighted by atomic mass is 10.1. The van der Waals surface area contributed by atoms with Crippen LogP contribution in [0.4, 0.5) is 0 Å². The molecule has 0 aliphatic rings. The van der Waals surface area contributed by atoms with Crippen LogP contribution in [0.25, 0.3) is 11.0 Å².